The Bertz CT molecular complexity index is 231. The van der Waals surface area contributed by atoms with Crippen LogP contribution in [0.1, 0.15) is 5.56 Å². The third-order valence-electron chi connectivity index (χ3n) is 1.47. The lowest BCUT2D eigenvalue weighted by atomic mass is 10.1. The zero-order valence-corrected chi connectivity index (χ0v) is 6.29. The van der Waals surface area contributed by atoms with Gasteiger partial charge in [-0.05, 0) is 5.56 Å². The van der Waals surface area contributed by atoms with Gasteiger partial charge in [0, 0.05) is 6.42 Å². The molecule has 0 aliphatic heterocycles. The fourth-order valence-electron chi connectivity index (χ4n) is 0.896. The second kappa shape index (κ2) is 3.88. The number of Topliss-reactive ketones (excluding diaryl/α,β-unsaturated/α-hetero) is 1. The van der Waals surface area contributed by atoms with Crippen LogP contribution < -0.4 is 5.73 Å². The van der Waals surface area contributed by atoms with Crippen molar-refractivity contribution in [3.05, 3.63) is 35.9 Å². The van der Waals surface area contributed by atoms with E-state index in [4.69, 9.17) is 5.73 Å². The molecule has 0 spiro atoms. The lowest BCUT2D eigenvalue weighted by Gasteiger charge is -1.96. The molecule has 2 heteroatoms. The van der Waals surface area contributed by atoms with Crippen molar-refractivity contribution in [2.24, 2.45) is 5.73 Å². The zero-order valence-electron chi connectivity index (χ0n) is 6.29. The summed E-state index contributed by atoms with van der Waals surface area (Å²) in [6.45, 7) is 0.134. The van der Waals surface area contributed by atoms with Gasteiger partial charge >= 0.3 is 0 Å². The van der Waals surface area contributed by atoms with E-state index in [2.05, 4.69) is 0 Å². The molecule has 0 bridgehead atoms. The van der Waals surface area contributed by atoms with Crippen LogP contribution in [0.15, 0.2) is 30.3 Å². The maximum absolute atomic E-state index is 10.9. The predicted octanol–water partition coefficient (Wildman–Crippen LogP) is 0.757. The average Bonchev–Trinajstić information content (AvgIpc) is 2.06. The van der Waals surface area contributed by atoms with E-state index in [9.17, 15) is 4.79 Å². The molecule has 0 saturated heterocycles. The Balaban J connectivity index is 2.58. The normalized spacial score (nSPS) is 9.55. The van der Waals surface area contributed by atoms with Gasteiger partial charge in [0.1, 0.15) is 0 Å². The van der Waals surface area contributed by atoms with Crippen LogP contribution in [0.2, 0.25) is 0 Å². The first-order valence-electron chi connectivity index (χ1n) is 3.58. The molecule has 0 aromatic heterocycles. The Hall–Kier alpha value is -1.15. The third-order valence-corrected chi connectivity index (χ3v) is 1.47. The first-order valence-corrected chi connectivity index (χ1v) is 3.58. The molecule has 0 unspecified atom stereocenters. The van der Waals surface area contributed by atoms with Gasteiger partial charge in [-0.3, -0.25) is 4.79 Å². The minimum absolute atomic E-state index is 0.0798. The summed E-state index contributed by atoms with van der Waals surface area (Å²) in [4.78, 5) is 10.9. The van der Waals surface area contributed by atoms with Crippen molar-refractivity contribution in [2.75, 3.05) is 6.54 Å². The van der Waals surface area contributed by atoms with Gasteiger partial charge in [-0.15, -0.1) is 0 Å². The molecular formula is C9H11NO. The van der Waals surface area contributed by atoms with Crippen LogP contribution in [0, 0.1) is 0 Å². The number of carbonyl (C=O) groups excluding carboxylic acids is 1. The van der Waals surface area contributed by atoms with Gasteiger partial charge in [-0.1, -0.05) is 30.3 Å². The molecule has 0 heterocycles. The monoisotopic (exact) mass is 149 g/mol. The Morgan fingerprint density at radius 1 is 1.27 bits per heavy atom. The fourth-order valence-corrected chi connectivity index (χ4v) is 0.896. The predicted molar refractivity (Wildman–Crippen MR) is 44.2 cm³/mol. The highest BCUT2D eigenvalue weighted by Gasteiger charge is 1.98. The van der Waals surface area contributed by atoms with Crippen molar-refractivity contribution in [1.82, 2.24) is 0 Å². The number of hydrogen-bond donors (Lipinski definition) is 1. The number of ketones is 1. The molecule has 1 aromatic carbocycles. The second-order valence-electron chi connectivity index (χ2n) is 2.41. The molecule has 0 saturated carbocycles. The van der Waals surface area contributed by atoms with Crippen LogP contribution in [-0.2, 0) is 11.2 Å². The highest BCUT2D eigenvalue weighted by Crippen LogP contribution is 1.98. The summed E-state index contributed by atoms with van der Waals surface area (Å²) in [6, 6.07) is 9.61. The van der Waals surface area contributed by atoms with Gasteiger partial charge in [0.05, 0.1) is 6.54 Å². The number of carbonyl (C=O) groups is 1. The topological polar surface area (TPSA) is 43.1 Å². The van der Waals surface area contributed by atoms with E-state index in [0.717, 1.165) is 5.56 Å². The van der Waals surface area contributed by atoms with Gasteiger partial charge in [0.15, 0.2) is 5.78 Å². The van der Waals surface area contributed by atoms with Gasteiger partial charge in [0.25, 0.3) is 0 Å². The minimum atomic E-state index is 0.0798. The molecule has 0 amide bonds. The van der Waals surface area contributed by atoms with Crippen molar-refractivity contribution in [1.29, 1.82) is 0 Å². The Morgan fingerprint density at radius 3 is 2.45 bits per heavy atom. The van der Waals surface area contributed by atoms with Crippen LogP contribution >= 0.6 is 0 Å². The maximum Gasteiger partial charge on any atom is 0.150 e. The molecule has 2 nitrogen and oxygen atoms in total. The van der Waals surface area contributed by atoms with Gasteiger partial charge in [-0.2, -0.15) is 0 Å². The molecule has 0 fully saturated rings. The molecule has 2 N–H and O–H groups in total. The Kier molecular flexibility index (Phi) is 2.81. The number of benzene rings is 1. The molecule has 0 radical (unpaired) electrons. The van der Waals surface area contributed by atoms with Gasteiger partial charge in [-0.25, -0.2) is 0 Å². The van der Waals surface area contributed by atoms with Gasteiger partial charge < -0.3 is 5.73 Å². The number of rotatable bonds is 3. The minimum Gasteiger partial charge on any atom is -0.324 e. The molecule has 58 valence electrons. The lowest BCUT2D eigenvalue weighted by molar-refractivity contribution is -0.117. The summed E-state index contributed by atoms with van der Waals surface area (Å²) >= 11 is 0. The largest absolute Gasteiger partial charge is 0.324 e. The lowest BCUT2D eigenvalue weighted by Crippen LogP contribution is -2.15. The Morgan fingerprint density at radius 2 is 1.91 bits per heavy atom. The molecule has 1 aromatic rings. The van der Waals surface area contributed by atoms with Crippen LogP contribution in [0.5, 0.6) is 0 Å². The van der Waals surface area contributed by atoms with E-state index in [1.54, 1.807) is 0 Å². The summed E-state index contributed by atoms with van der Waals surface area (Å²) in [7, 11) is 0. The third kappa shape index (κ3) is 2.51. The summed E-state index contributed by atoms with van der Waals surface area (Å²) < 4.78 is 0. The van der Waals surface area contributed by atoms with Crippen molar-refractivity contribution in [2.45, 2.75) is 6.42 Å². The fraction of sp³-hybridized carbons (Fsp3) is 0.222. The second-order valence-corrected chi connectivity index (χ2v) is 2.41. The van der Waals surface area contributed by atoms with Crippen LogP contribution in [-0.4, -0.2) is 12.3 Å². The number of nitrogens with two attached hydrogens (primary N) is 1. The molecule has 0 aliphatic carbocycles. The van der Waals surface area contributed by atoms with E-state index in [1.807, 2.05) is 30.3 Å². The maximum atomic E-state index is 10.9. The quantitative estimate of drug-likeness (QED) is 0.689. The first-order chi connectivity index (χ1) is 5.33. The van der Waals surface area contributed by atoms with E-state index in [0.29, 0.717) is 6.42 Å². The summed E-state index contributed by atoms with van der Waals surface area (Å²) in [5, 5.41) is 0. The highest BCUT2D eigenvalue weighted by molar-refractivity contribution is 5.82. The first kappa shape index (κ1) is 7.95. The summed E-state index contributed by atoms with van der Waals surface area (Å²) in [5.74, 6) is 0.0798. The molecule has 0 atom stereocenters. The van der Waals surface area contributed by atoms with Gasteiger partial charge in [0.2, 0.25) is 0 Å². The van der Waals surface area contributed by atoms with E-state index < -0.39 is 0 Å². The molecular weight excluding hydrogens is 138 g/mol. The summed E-state index contributed by atoms with van der Waals surface area (Å²) in [5.41, 5.74) is 6.20. The van der Waals surface area contributed by atoms with Crippen LogP contribution in [0.4, 0.5) is 0 Å². The van der Waals surface area contributed by atoms with Crippen molar-refractivity contribution < 1.29 is 4.79 Å². The highest BCUT2D eigenvalue weighted by atomic mass is 16.1. The Labute approximate surface area is 66.0 Å². The van der Waals surface area contributed by atoms with E-state index >= 15 is 0 Å². The SMILES string of the molecule is NCC(=O)Cc1ccccc1. The van der Waals surface area contributed by atoms with Crippen molar-refractivity contribution >= 4 is 5.78 Å². The molecule has 0 aliphatic rings. The van der Waals surface area contributed by atoms with Crippen LogP contribution in [0.3, 0.4) is 0 Å². The molecule has 11 heavy (non-hydrogen) atoms. The standard InChI is InChI=1S/C9H11NO/c10-7-9(11)6-8-4-2-1-3-5-8/h1-5H,6-7,10H2. The average molecular weight is 149 g/mol. The smallest absolute Gasteiger partial charge is 0.150 e. The summed E-state index contributed by atoms with van der Waals surface area (Å²) in [6.07, 6.45) is 0.456. The van der Waals surface area contributed by atoms with Crippen LogP contribution in [0.25, 0.3) is 0 Å². The number of hydrogen-bond acceptors (Lipinski definition) is 2. The van der Waals surface area contributed by atoms with Crippen molar-refractivity contribution in [3.63, 3.8) is 0 Å². The van der Waals surface area contributed by atoms with Crippen molar-refractivity contribution in [3.8, 4) is 0 Å². The van der Waals surface area contributed by atoms with E-state index in [-0.39, 0.29) is 12.3 Å². The zero-order chi connectivity index (χ0) is 8.10. The molecule has 1 rings (SSSR count). The van der Waals surface area contributed by atoms with E-state index in [1.165, 1.54) is 0 Å².